The number of methoxy groups -OCH3 is 1. The van der Waals surface area contributed by atoms with E-state index in [1.54, 1.807) is 31.4 Å². The number of nitriles is 1. The topological polar surface area (TPSA) is 114 Å². The third-order valence-electron chi connectivity index (χ3n) is 6.27. The molecular weight excluding hydrogens is 394 g/mol. The Morgan fingerprint density at radius 2 is 1.90 bits per heavy atom. The van der Waals surface area contributed by atoms with Gasteiger partial charge in [-0.15, -0.1) is 0 Å². The molecular formula is C24H19N3O4. The fourth-order valence-electron chi connectivity index (χ4n) is 4.89. The summed E-state index contributed by atoms with van der Waals surface area (Å²) >= 11 is 0. The molecule has 2 aliphatic heterocycles. The number of anilines is 1. The Morgan fingerprint density at radius 3 is 2.61 bits per heavy atom. The van der Waals surface area contributed by atoms with Gasteiger partial charge in [0.25, 0.3) is 0 Å². The number of nitrogens with one attached hydrogen (secondary N) is 1. The molecule has 2 aromatic rings. The normalized spacial score (nSPS) is 24.3. The van der Waals surface area contributed by atoms with Crippen LogP contribution in [-0.4, -0.2) is 18.8 Å². The van der Waals surface area contributed by atoms with E-state index in [2.05, 4.69) is 5.32 Å². The first kappa shape index (κ1) is 18.9. The van der Waals surface area contributed by atoms with Crippen molar-refractivity contribution in [1.29, 1.82) is 5.26 Å². The van der Waals surface area contributed by atoms with Crippen LogP contribution in [0.2, 0.25) is 0 Å². The molecule has 2 heterocycles. The smallest absolute Gasteiger partial charge is 0.245 e. The van der Waals surface area contributed by atoms with Gasteiger partial charge in [-0.25, -0.2) is 0 Å². The number of nitrogens with zero attached hydrogens (tertiary/aromatic N) is 1. The van der Waals surface area contributed by atoms with Crippen LogP contribution in [0.3, 0.4) is 0 Å². The van der Waals surface area contributed by atoms with E-state index in [1.807, 2.05) is 30.3 Å². The minimum absolute atomic E-state index is 0.0510. The second-order valence-corrected chi connectivity index (χ2v) is 7.80. The number of benzene rings is 2. The maximum atomic E-state index is 13.5. The minimum atomic E-state index is -1.58. The molecule has 5 rings (SSSR count). The summed E-state index contributed by atoms with van der Waals surface area (Å²) in [6.07, 6.45) is 0.592. The zero-order valence-electron chi connectivity index (χ0n) is 16.8. The third kappa shape index (κ3) is 2.51. The van der Waals surface area contributed by atoms with E-state index in [4.69, 9.17) is 15.2 Å². The number of ether oxygens (including phenoxy) is 2. The molecule has 154 valence electrons. The van der Waals surface area contributed by atoms with E-state index in [-0.39, 0.29) is 35.2 Å². The Hall–Kier alpha value is -4.05. The van der Waals surface area contributed by atoms with Crippen LogP contribution in [0.25, 0.3) is 0 Å². The molecule has 3 aliphatic rings. The number of fused-ring (bicyclic) bond motifs is 3. The van der Waals surface area contributed by atoms with Gasteiger partial charge in [0, 0.05) is 24.1 Å². The molecule has 2 atom stereocenters. The zero-order chi connectivity index (χ0) is 21.8. The number of Topliss-reactive ketones (excluding diaryl/α,β-unsaturated/α-hetero) is 1. The predicted molar refractivity (Wildman–Crippen MR) is 112 cm³/mol. The summed E-state index contributed by atoms with van der Waals surface area (Å²) in [5, 5.41) is 12.7. The van der Waals surface area contributed by atoms with Gasteiger partial charge in [-0.3, -0.25) is 9.59 Å². The van der Waals surface area contributed by atoms with Crippen molar-refractivity contribution < 1.29 is 19.1 Å². The van der Waals surface area contributed by atoms with Crippen molar-refractivity contribution >= 4 is 17.4 Å². The molecule has 7 nitrogen and oxygen atoms in total. The first-order valence-electron chi connectivity index (χ1n) is 9.90. The first-order valence-corrected chi connectivity index (χ1v) is 9.90. The number of hydrogen-bond acceptors (Lipinski definition) is 6. The summed E-state index contributed by atoms with van der Waals surface area (Å²) in [6.45, 7) is 0. The van der Waals surface area contributed by atoms with Gasteiger partial charge in [-0.1, -0.05) is 30.3 Å². The van der Waals surface area contributed by atoms with Gasteiger partial charge in [-0.2, -0.15) is 5.26 Å². The number of hydrogen-bond donors (Lipinski definition) is 2. The number of carbonyl (C=O) groups is 2. The van der Waals surface area contributed by atoms with E-state index >= 15 is 0 Å². The van der Waals surface area contributed by atoms with Crippen molar-refractivity contribution in [3.8, 4) is 11.8 Å². The number of para-hydroxylation sites is 1. The summed E-state index contributed by atoms with van der Waals surface area (Å²) in [6, 6.07) is 16.6. The maximum Gasteiger partial charge on any atom is 0.245 e. The molecule has 0 unspecified atom stereocenters. The Bertz CT molecular complexity index is 1240. The summed E-state index contributed by atoms with van der Waals surface area (Å²) < 4.78 is 11.0. The Kier molecular flexibility index (Phi) is 4.12. The van der Waals surface area contributed by atoms with Crippen molar-refractivity contribution in [3.05, 3.63) is 82.4 Å². The summed E-state index contributed by atoms with van der Waals surface area (Å²) in [7, 11) is 1.60. The molecule has 0 fully saturated rings. The summed E-state index contributed by atoms with van der Waals surface area (Å²) in [5.41, 5.74) is 6.79. The lowest BCUT2D eigenvalue weighted by molar-refractivity contribution is -0.123. The molecule has 0 aromatic heterocycles. The van der Waals surface area contributed by atoms with Gasteiger partial charge in [0.1, 0.15) is 28.6 Å². The fraction of sp³-hybridized carbons (Fsp3) is 0.208. The molecule has 0 radical (unpaired) electrons. The lowest BCUT2D eigenvalue weighted by Gasteiger charge is -2.38. The van der Waals surface area contributed by atoms with E-state index < -0.39 is 11.3 Å². The number of amides is 1. The second kappa shape index (κ2) is 6.74. The molecule has 3 N–H and O–H groups in total. The van der Waals surface area contributed by atoms with Crippen LogP contribution < -0.4 is 15.8 Å². The average Bonchev–Trinajstić information content (AvgIpc) is 3.06. The van der Waals surface area contributed by atoms with E-state index in [0.717, 1.165) is 11.3 Å². The van der Waals surface area contributed by atoms with Crippen LogP contribution in [0.4, 0.5) is 5.69 Å². The molecule has 0 bridgehead atoms. The van der Waals surface area contributed by atoms with E-state index in [9.17, 15) is 14.9 Å². The summed E-state index contributed by atoms with van der Waals surface area (Å²) in [4.78, 5) is 26.8. The van der Waals surface area contributed by atoms with Crippen molar-refractivity contribution in [2.75, 3.05) is 12.4 Å². The van der Waals surface area contributed by atoms with Crippen molar-refractivity contribution in [2.45, 2.75) is 24.2 Å². The average molecular weight is 413 g/mol. The van der Waals surface area contributed by atoms with Crippen LogP contribution in [0.15, 0.2) is 71.3 Å². The lowest BCUT2D eigenvalue weighted by atomic mass is 9.63. The van der Waals surface area contributed by atoms with Crippen molar-refractivity contribution in [1.82, 2.24) is 0 Å². The molecule has 1 aliphatic carbocycles. The molecule has 0 saturated carbocycles. The highest BCUT2D eigenvalue weighted by atomic mass is 16.5. The highest BCUT2D eigenvalue weighted by molar-refractivity contribution is 6.19. The predicted octanol–water partition coefficient (Wildman–Crippen LogP) is 3.01. The monoisotopic (exact) mass is 413 g/mol. The van der Waals surface area contributed by atoms with Crippen LogP contribution in [-0.2, 0) is 19.7 Å². The highest BCUT2D eigenvalue weighted by Crippen LogP contribution is 2.55. The first-order chi connectivity index (χ1) is 15.0. The lowest BCUT2D eigenvalue weighted by Crippen LogP contribution is -2.47. The Balaban J connectivity index is 1.67. The quantitative estimate of drug-likeness (QED) is 0.782. The second-order valence-electron chi connectivity index (χ2n) is 7.80. The number of ketones is 1. The Morgan fingerprint density at radius 1 is 1.16 bits per heavy atom. The third-order valence-corrected chi connectivity index (χ3v) is 6.27. The van der Waals surface area contributed by atoms with E-state index in [0.29, 0.717) is 23.4 Å². The summed E-state index contributed by atoms with van der Waals surface area (Å²) in [5.74, 6) is 0.111. The minimum Gasteiger partial charge on any atom is -0.497 e. The number of carbonyl (C=O) groups excluding carboxylic acids is 2. The number of rotatable bonds is 2. The van der Waals surface area contributed by atoms with Gasteiger partial charge in [-0.05, 0) is 29.7 Å². The van der Waals surface area contributed by atoms with Crippen molar-refractivity contribution in [3.63, 3.8) is 0 Å². The Labute approximate surface area is 178 Å². The van der Waals surface area contributed by atoms with Gasteiger partial charge in [0.05, 0.1) is 12.7 Å². The molecule has 31 heavy (non-hydrogen) atoms. The van der Waals surface area contributed by atoms with Crippen LogP contribution in [0, 0.1) is 11.3 Å². The standard InChI is InChI=1S/C24H19N3O4/c1-30-15-8-6-13(7-9-15)14-10-19(28)21-20(11-14)31-22(26)17(12-25)24(21)16-4-2-3-5-18(16)27-23(24)29/h2-9,14H,10-11,26H2,1H3,(H,27,29)/t14-,24+/m0/s1. The van der Waals surface area contributed by atoms with Crippen LogP contribution >= 0.6 is 0 Å². The maximum absolute atomic E-state index is 13.5. The van der Waals surface area contributed by atoms with Crippen LogP contribution in [0.5, 0.6) is 5.75 Å². The molecule has 2 aromatic carbocycles. The van der Waals surface area contributed by atoms with Gasteiger partial charge in [0.15, 0.2) is 5.78 Å². The van der Waals surface area contributed by atoms with Gasteiger partial charge >= 0.3 is 0 Å². The number of nitrogens with two attached hydrogens (primary N) is 1. The van der Waals surface area contributed by atoms with Gasteiger partial charge in [0.2, 0.25) is 11.8 Å². The SMILES string of the molecule is COc1ccc([C@H]2CC(=O)C3=C(C2)OC(N)=C(C#N)[C@@]32C(=O)Nc3ccccc32)cc1. The molecule has 7 heteroatoms. The number of allylic oxidation sites excluding steroid dienone is 1. The molecule has 1 amide bonds. The largest absolute Gasteiger partial charge is 0.497 e. The highest BCUT2D eigenvalue weighted by Gasteiger charge is 2.60. The molecule has 1 spiro atoms. The van der Waals surface area contributed by atoms with Crippen molar-refractivity contribution in [2.24, 2.45) is 5.73 Å². The fourth-order valence-corrected chi connectivity index (χ4v) is 4.89. The van der Waals surface area contributed by atoms with Gasteiger partial charge < -0.3 is 20.5 Å². The van der Waals surface area contributed by atoms with E-state index in [1.165, 1.54) is 0 Å². The van der Waals surface area contributed by atoms with Crippen LogP contribution in [0.1, 0.15) is 29.9 Å². The molecule has 0 saturated heterocycles. The zero-order valence-corrected chi connectivity index (χ0v) is 16.8.